The number of hydrogen-bond acceptors (Lipinski definition) is 2. The Kier molecular flexibility index (Phi) is 3.46. The van der Waals surface area contributed by atoms with Crippen LogP contribution in [0.3, 0.4) is 0 Å². The summed E-state index contributed by atoms with van der Waals surface area (Å²) in [6.07, 6.45) is -5.71. The van der Waals surface area contributed by atoms with Gasteiger partial charge in [0.1, 0.15) is 11.1 Å². The topological polar surface area (TPSA) is 74.6 Å². The third-order valence-corrected chi connectivity index (χ3v) is 2.04. The molecule has 19 heavy (non-hydrogen) atoms. The maximum absolute atomic E-state index is 13.1. The van der Waals surface area contributed by atoms with Crippen molar-refractivity contribution in [2.45, 2.75) is 6.18 Å². The van der Waals surface area contributed by atoms with Crippen LogP contribution in [0.15, 0.2) is 0 Å². The van der Waals surface area contributed by atoms with Crippen molar-refractivity contribution in [2.24, 2.45) is 0 Å². The van der Waals surface area contributed by atoms with Gasteiger partial charge >= 0.3 is 18.1 Å². The molecule has 0 bridgehead atoms. The third kappa shape index (κ3) is 2.33. The zero-order chi connectivity index (χ0) is 15.1. The molecule has 0 aliphatic carbocycles. The van der Waals surface area contributed by atoms with Crippen LogP contribution in [-0.2, 0) is 6.18 Å². The standard InChI is InChI=1S/C9H2F6O4/c10-4-2(8(18)19)1(7(16)17)3(9(13,14)15)5(11)6(4)12/h(H,16,17)(H,18,19). The molecule has 104 valence electrons. The number of halogens is 6. The van der Waals surface area contributed by atoms with Crippen LogP contribution < -0.4 is 0 Å². The quantitative estimate of drug-likeness (QED) is 0.647. The predicted octanol–water partition coefficient (Wildman–Crippen LogP) is 2.52. The molecule has 0 amide bonds. The van der Waals surface area contributed by atoms with E-state index in [4.69, 9.17) is 10.2 Å². The lowest BCUT2D eigenvalue weighted by molar-refractivity contribution is -0.140. The van der Waals surface area contributed by atoms with Crippen LogP contribution in [0, 0.1) is 17.5 Å². The molecule has 1 aromatic rings. The van der Waals surface area contributed by atoms with Crippen LogP contribution in [0.1, 0.15) is 26.3 Å². The number of aromatic carboxylic acids is 2. The zero-order valence-corrected chi connectivity index (χ0v) is 8.48. The molecule has 1 aromatic carbocycles. The van der Waals surface area contributed by atoms with Gasteiger partial charge in [-0.2, -0.15) is 13.2 Å². The number of hydrogen-bond donors (Lipinski definition) is 2. The van der Waals surface area contributed by atoms with Crippen molar-refractivity contribution in [1.29, 1.82) is 0 Å². The molecule has 1 rings (SSSR count). The van der Waals surface area contributed by atoms with Crippen molar-refractivity contribution in [3.8, 4) is 0 Å². The van der Waals surface area contributed by atoms with Crippen LogP contribution in [0.5, 0.6) is 0 Å². The number of carboxylic acids is 2. The lowest BCUT2D eigenvalue weighted by Crippen LogP contribution is -2.23. The number of carboxylic acid groups (broad SMARTS) is 2. The summed E-state index contributed by atoms with van der Waals surface area (Å²) in [5, 5.41) is 16.9. The average molecular weight is 288 g/mol. The number of rotatable bonds is 2. The van der Waals surface area contributed by atoms with Crippen molar-refractivity contribution >= 4 is 11.9 Å². The van der Waals surface area contributed by atoms with Gasteiger partial charge in [-0.05, 0) is 0 Å². The number of alkyl halides is 3. The van der Waals surface area contributed by atoms with Crippen molar-refractivity contribution in [3.05, 3.63) is 34.1 Å². The highest BCUT2D eigenvalue weighted by atomic mass is 19.4. The SMILES string of the molecule is O=C(O)c1c(F)c(F)c(F)c(C(F)(F)F)c1C(=O)O. The molecule has 0 aliphatic rings. The molecule has 0 saturated carbocycles. The molecule has 0 aromatic heterocycles. The van der Waals surface area contributed by atoms with Crippen LogP contribution >= 0.6 is 0 Å². The van der Waals surface area contributed by atoms with Crippen molar-refractivity contribution in [1.82, 2.24) is 0 Å². The summed E-state index contributed by atoms with van der Waals surface area (Å²) in [5.74, 6) is -13.1. The van der Waals surface area contributed by atoms with E-state index in [0.29, 0.717) is 0 Å². The summed E-state index contributed by atoms with van der Waals surface area (Å²) in [6.45, 7) is 0. The lowest BCUT2D eigenvalue weighted by atomic mass is 9.98. The molecule has 4 nitrogen and oxygen atoms in total. The molecule has 0 atom stereocenters. The van der Waals surface area contributed by atoms with Crippen molar-refractivity contribution in [3.63, 3.8) is 0 Å². The minimum Gasteiger partial charge on any atom is -0.478 e. The normalized spacial score (nSPS) is 11.5. The maximum Gasteiger partial charge on any atom is 0.420 e. The second-order valence-corrected chi connectivity index (χ2v) is 3.18. The van der Waals surface area contributed by atoms with E-state index in [1.807, 2.05) is 0 Å². The van der Waals surface area contributed by atoms with Gasteiger partial charge < -0.3 is 10.2 Å². The van der Waals surface area contributed by atoms with Gasteiger partial charge in [0.25, 0.3) is 0 Å². The van der Waals surface area contributed by atoms with Gasteiger partial charge in [-0.1, -0.05) is 0 Å². The summed E-state index contributed by atoms with van der Waals surface area (Å²) < 4.78 is 76.3. The van der Waals surface area contributed by atoms with Gasteiger partial charge in [0.05, 0.1) is 5.56 Å². The van der Waals surface area contributed by atoms with Gasteiger partial charge in [0.2, 0.25) is 0 Å². The zero-order valence-electron chi connectivity index (χ0n) is 8.48. The highest BCUT2D eigenvalue weighted by Gasteiger charge is 2.44. The summed E-state index contributed by atoms with van der Waals surface area (Å²) in [6, 6.07) is 0. The Morgan fingerprint density at radius 3 is 1.53 bits per heavy atom. The highest BCUT2D eigenvalue weighted by Crippen LogP contribution is 2.38. The summed E-state index contributed by atoms with van der Waals surface area (Å²) in [4.78, 5) is 21.1. The molecule has 0 saturated heterocycles. The summed E-state index contributed by atoms with van der Waals surface area (Å²) in [5.41, 5.74) is -6.98. The first-order valence-corrected chi connectivity index (χ1v) is 4.24. The van der Waals surface area contributed by atoms with Gasteiger partial charge in [-0.3, -0.25) is 0 Å². The Bertz CT molecular complexity index is 577. The Labute approximate surface area is 99.4 Å². The smallest absolute Gasteiger partial charge is 0.420 e. The molecule has 10 heteroatoms. The van der Waals surface area contributed by atoms with Crippen LogP contribution in [0.2, 0.25) is 0 Å². The molecule has 0 fully saturated rings. The Hall–Kier alpha value is -2.26. The molecule has 0 radical (unpaired) electrons. The van der Waals surface area contributed by atoms with Gasteiger partial charge in [0, 0.05) is 0 Å². The van der Waals surface area contributed by atoms with Crippen molar-refractivity contribution < 1.29 is 46.1 Å². The summed E-state index contributed by atoms with van der Waals surface area (Å²) in [7, 11) is 0. The van der Waals surface area contributed by atoms with Crippen LogP contribution in [0.25, 0.3) is 0 Å². The Balaban J connectivity index is 4.02. The molecule has 0 heterocycles. The van der Waals surface area contributed by atoms with E-state index in [9.17, 15) is 35.9 Å². The largest absolute Gasteiger partial charge is 0.478 e. The minimum atomic E-state index is -5.71. The molecule has 0 unspecified atom stereocenters. The molecular formula is C9H2F6O4. The second-order valence-electron chi connectivity index (χ2n) is 3.18. The fourth-order valence-electron chi connectivity index (χ4n) is 1.34. The first-order chi connectivity index (χ1) is 8.50. The van der Waals surface area contributed by atoms with Crippen LogP contribution in [0.4, 0.5) is 26.3 Å². The average Bonchev–Trinajstić information content (AvgIpc) is 2.22. The number of carbonyl (C=O) groups is 2. The Morgan fingerprint density at radius 2 is 1.21 bits per heavy atom. The van der Waals surface area contributed by atoms with E-state index in [0.717, 1.165) is 0 Å². The van der Waals surface area contributed by atoms with Crippen molar-refractivity contribution in [2.75, 3.05) is 0 Å². The van der Waals surface area contributed by atoms with E-state index >= 15 is 0 Å². The van der Waals surface area contributed by atoms with E-state index in [1.54, 1.807) is 0 Å². The van der Waals surface area contributed by atoms with E-state index < -0.39 is 52.3 Å². The number of benzene rings is 1. The highest BCUT2D eigenvalue weighted by molar-refractivity contribution is 6.03. The van der Waals surface area contributed by atoms with Gasteiger partial charge in [-0.15, -0.1) is 0 Å². The second kappa shape index (κ2) is 4.44. The first-order valence-electron chi connectivity index (χ1n) is 4.24. The monoisotopic (exact) mass is 288 g/mol. The van der Waals surface area contributed by atoms with E-state index in [-0.39, 0.29) is 0 Å². The lowest BCUT2D eigenvalue weighted by Gasteiger charge is -2.14. The minimum absolute atomic E-state index is 2.10. The molecule has 0 aliphatic heterocycles. The first kappa shape index (κ1) is 14.8. The predicted molar refractivity (Wildman–Crippen MR) is 45.2 cm³/mol. The third-order valence-electron chi connectivity index (χ3n) is 2.04. The molecular weight excluding hydrogens is 286 g/mol. The fraction of sp³-hybridized carbons (Fsp3) is 0.111. The van der Waals surface area contributed by atoms with E-state index in [1.165, 1.54) is 0 Å². The van der Waals surface area contributed by atoms with E-state index in [2.05, 4.69) is 0 Å². The molecule has 0 spiro atoms. The van der Waals surface area contributed by atoms with Crippen LogP contribution in [-0.4, -0.2) is 22.2 Å². The van der Waals surface area contributed by atoms with Gasteiger partial charge in [-0.25, -0.2) is 22.8 Å². The Morgan fingerprint density at radius 1 is 0.789 bits per heavy atom. The molecule has 2 N–H and O–H groups in total. The maximum atomic E-state index is 13.1. The fourth-order valence-corrected chi connectivity index (χ4v) is 1.34. The summed E-state index contributed by atoms with van der Waals surface area (Å²) >= 11 is 0. The van der Waals surface area contributed by atoms with Gasteiger partial charge in [0.15, 0.2) is 17.5 Å².